The molecule has 15 heavy (non-hydrogen) atoms. The van der Waals surface area contributed by atoms with Gasteiger partial charge in [-0.05, 0) is 18.1 Å². The molecule has 1 N–H and O–H groups in total. The minimum atomic E-state index is -0.143. The summed E-state index contributed by atoms with van der Waals surface area (Å²) in [6.07, 6.45) is 5.85. The van der Waals surface area contributed by atoms with Crippen LogP contribution in [0.2, 0.25) is 0 Å². The molecule has 1 saturated carbocycles. The maximum Gasteiger partial charge on any atom is 0.295 e. The Kier molecular flexibility index (Phi) is 2.94. The summed E-state index contributed by atoms with van der Waals surface area (Å²) >= 11 is 0. The number of hydrogen-bond acceptors (Lipinski definition) is 4. The van der Waals surface area contributed by atoms with Crippen LogP contribution in [0.25, 0.3) is 0 Å². The van der Waals surface area contributed by atoms with Crippen molar-refractivity contribution in [3.05, 3.63) is 5.82 Å². The van der Waals surface area contributed by atoms with Gasteiger partial charge in [-0.1, -0.05) is 19.3 Å². The van der Waals surface area contributed by atoms with Crippen molar-refractivity contribution in [1.82, 2.24) is 25.5 Å². The molecular formula is C9H15N5O. The molecule has 0 radical (unpaired) electrons. The summed E-state index contributed by atoms with van der Waals surface area (Å²) in [5, 5.41) is 13.1. The second-order valence-corrected chi connectivity index (χ2v) is 3.94. The summed E-state index contributed by atoms with van der Waals surface area (Å²) in [7, 11) is 1.81. The Bertz CT molecular complexity index is 317. The number of aromatic amines is 1. The largest absolute Gasteiger partial charge is 0.336 e. The summed E-state index contributed by atoms with van der Waals surface area (Å²) < 4.78 is 0. The molecule has 1 aromatic rings. The summed E-state index contributed by atoms with van der Waals surface area (Å²) in [6.45, 7) is 0. The molecule has 0 atom stereocenters. The average molecular weight is 209 g/mol. The molecule has 1 aromatic heterocycles. The number of hydrogen-bond donors (Lipinski definition) is 1. The van der Waals surface area contributed by atoms with Crippen molar-refractivity contribution in [3.8, 4) is 0 Å². The van der Waals surface area contributed by atoms with Gasteiger partial charge in [-0.2, -0.15) is 5.21 Å². The van der Waals surface area contributed by atoms with Gasteiger partial charge in [-0.15, -0.1) is 10.2 Å². The minimum absolute atomic E-state index is 0.143. The summed E-state index contributed by atoms with van der Waals surface area (Å²) in [6, 6.07) is 0.338. The summed E-state index contributed by atoms with van der Waals surface area (Å²) in [4.78, 5) is 13.6. The van der Waals surface area contributed by atoms with E-state index in [9.17, 15) is 4.79 Å². The number of rotatable bonds is 2. The summed E-state index contributed by atoms with van der Waals surface area (Å²) in [5.41, 5.74) is 0. The third-order valence-electron chi connectivity index (χ3n) is 2.98. The van der Waals surface area contributed by atoms with Crippen LogP contribution < -0.4 is 0 Å². The molecule has 1 fully saturated rings. The molecule has 82 valence electrons. The number of nitrogens with one attached hydrogen (secondary N) is 1. The van der Waals surface area contributed by atoms with Gasteiger partial charge in [0.05, 0.1) is 0 Å². The van der Waals surface area contributed by atoms with Crippen molar-refractivity contribution < 1.29 is 4.79 Å². The number of aromatic nitrogens is 4. The van der Waals surface area contributed by atoms with Crippen molar-refractivity contribution >= 4 is 5.91 Å². The molecular weight excluding hydrogens is 194 g/mol. The van der Waals surface area contributed by atoms with Gasteiger partial charge in [0.15, 0.2) is 0 Å². The van der Waals surface area contributed by atoms with Crippen LogP contribution in [0.4, 0.5) is 0 Å². The van der Waals surface area contributed by atoms with E-state index in [4.69, 9.17) is 0 Å². The highest BCUT2D eigenvalue weighted by Gasteiger charge is 2.25. The molecule has 6 heteroatoms. The molecule has 0 aromatic carbocycles. The third kappa shape index (κ3) is 2.14. The van der Waals surface area contributed by atoms with E-state index in [0.717, 1.165) is 12.8 Å². The van der Waals surface area contributed by atoms with Gasteiger partial charge in [0, 0.05) is 13.1 Å². The van der Waals surface area contributed by atoms with Gasteiger partial charge in [-0.3, -0.25) is 4.79 Å². The summed E-state index contributed by atoms with van der Waals surface area (Å²) in [5.74, 6) is 0.0127. The van der Waals surface area contributed by atoms with Crippen molar-refractivity contribution in [1.29, 1.82) is 0 Å². The molecule has 0 aliphatic heterocycles. The fraction of sp³-hybridized carbons (Fsp3) is 0.778. The van der Waals surface area contributed by atoms with E-state index in [0.29, 0.717) is 6.04 Å². The van der Waals surface area contributed by atoms with Crippen LogP contribution in [0.3, 0.4) is 0 Å². The van der Waals surface area contributed by atoms with Crippen LogP contribution in [0, 0.1) is 0 Å². The van der Waals surface area contributed by atoms with Crippen LogP contribution in [-0.2, 0) is 0 Å². The molecule has 0 unspecified atom stereocenters. The number of H-pyrrole nitrogens is 1. The molecule has 0 spiro atoms. The zero-order valence-corrected chi connectivity index (χ0v) is 8.81. The minimum Gasteiger partial charge on any atom is -0.336 e. The third-order valence-corrected chi connectivity index (χ3v) is 2.98. The van der Waals surface area contributed by atoms with E-state index in [1.54, 1.807) is 4.90 Å². The number of nitrogens with zero attached hydrogens (tertiary/aromatic N) is 4. The molecule has 1 aliphatic carbocycles. The Balaban J connectivity index is 2.00. The zero-order valence-electron chi connectivity index (χ0n) is 8.81. The standard InChI is InChI=1S/C9H15N5O/c1-14(7-5-3-2-4-6-7)9(15)8-10-12-13-11-8/h7H,2-6H2,1H3,(H,10,11,12,13). The van der Waals surface area contributed by atoms with E-state index in [2.05, 4.69) is 20.6 Å². The lowest BCUT2D eigenvalue weighted by atomic mass is 9.94. The van der Waals surface area contributed by atoms with Crippen molar-refractivity contribution in [3.63, 3.8) is 0 Å². The fourth-order valence-corrected chi connectivity index (χ4v) is 2.04. The number of carbonyl (C=O) groups is 1. The van der Waals surface area contributed by atoms with Crippen LogP contribution in [0.5, 0.6) is 0 Å². The fourth-order valence-electron chi connectivity index (χ4n) is 2.04. The topological polar surface area (TPSA) is 74.8 Å². The number of carbonyl (C=O) groups excluding carboxylic acids is 1. The number of amides is 1. The van der Waals surface area contributed by atoms with Crippen LogP contribution in [-0.4, -0.2) is 44.5 Å². The van der Waals surface area contributed by atoms with Gasteiger partial charge in [-0.25, -0.2) is 0 Å². The first-order valence-electron chi connectivity index (χ1n) is 5.29. The molecule has 0 bridgehead atoms. The molecule has 1 aliphatic rings. The van der Waals surface area contributed by atoms with E-state index >= 15 is 0 Å². The van der Waals surface area contributed by atoms with Gasteiger partial charge in [0.1, 0.15) is 0 Å². The van der Waals surface area contributed by atoms with Gasteiger partial charge in [0.2, 0.25) is 0 Å². The Morgan fingerprint density at radius 3 is 2.73 bits per heavy atom. The monoisotopic (exact) mass is 209 g/mol. The lowest BCUT2D eigenvalue weighted by Crippen LogP contribution is -2.38. The van der Waals surface area contributed by atoms with E-state index in [1.807, 2.05) is 7.05 Å². The van der Waals surface area contributed by atoms with Crippen molar-refractivity contribution in [2.24, 2.45) is 0 Å². The van der Waals surface area contributed by atoms with Crippen molar-refractivity contribution in [2.45, 2.75) is 38.1 Å². The highest BCUT2D eigenvalue weighted by atomic mass is 16.2. The molecule has 0 saturated heterocycles. The van der Waals surface area contributed by atoms with Crippen molar-refractivity contribution in [2.75, 3.05) is 7.05 Å². The van der Waals surface area contributed by atoms with Gasteiger partial charge in [0.25, 0.3) is 11.7 Å². The van der Waals surface area contributed by atoms with Crippen LogP contribution >= 0.6 is 0 Å². The van der Waals surface area contributed by atoms with E-state index < -0.39 is 0 Å². The maximum atomic E-state index is 11.8. The van der Waals surface area contributed by atoms with E-state index in [1.165, 1.54) is 19.3 Å². The van der Waals surface area contributed by atoms with Crippen LogP contribution in [0.1, 0.15) is 42.7 Å². The van der Waals surface area contributed by atoms with Crippen LogP contribution in [0.15, 0.2) is 0 Å². The first-order valence-corrected chi connectivity index (χ1v) is 5.29. The second-order valence-electron chi connectivity index (χ2n) is 3.94. The smallest absolute Gasteiger partial charge is 0.295 e. The van der Waals surface area contributed by atoms with Gasteiger partial charge >= 0.3 is 0 Å². The number of tetrazole rings is 1. The maximum absolute atomic E-state index is 11.8. The highest BCUT2D eigenvalue weighted by molar-refractivity contribution is 5.90. The quantitative estimate of drug-likeness (QED) is 0.774. The predicted molar refractivity (Wildman–Crippen MR) is 53.1 cm³/mol. The Morgan fingerprint density at radius 2 is 2.13 bits per heavy atom. The van der Waals surface area contributed by atoms with Gasteiger partial charge < -0.3 is 4.90 Å². The predicted octanol–water partition coefficient (Wildman–Crippen LogP) is 0.604. The molecule has 2 rings (SSSR count). The zero-order chi connectivity index (χ0) is 10.7. The first-order chi connectivity index (χ1) is 7.29. The normalized spacial score (nSPS) is 17.7. The first kappa shape index (κ1) is 10.1. The Labute approximate surface area is 88.0 Å². The lowest BCUT2D eigenvalue weighted by Gasteiger charge is -2.30. The molecule has 1 heterocycles. The molecule has 6 nitrogen and oxygen atoms in total. The Hall–Kier alpha value is -1.46. The SMILES string of the molecule is CN(C(=O)c1nn[nH]n1)C1CCCCC1. The lowest BCUT2D eigenvalue weighted by molar-refractivity contribution is 0.0684. The van der Waals surface area contributed by atoms with E-state index in [-0.39, 0.29) is 11.7 Å². The highest BCUT2D eigenvalue weighted by Crippen LogP contribution is 2.22. The molecule has 1 amide bonds. The average Bonchev–Trinajstić information content (AvgIpc) is 2.82. The second kappa shape index (κ2) is 4.37. The Morgan fingerprint density at radius 1 is 1.40 bits per heavy atom.